The van der Waals surface area contributed by atoms with Crippen LogP contribution in [0.15, 0.2) is 0 Å². The molecule has 0 heterocycles. The van der Waals surface area contributed by atoms with E-state index in [0.717, 1.165) is 38.9 Å². The quantitative estimate of drug-likeness (QED) is 0.290. The van der Waals surface area contributed by atoms with Gasteiger partial charge in [0, 0.05) is 0 Å². The van der Waals surface area contributed by atoms with Gasteiger partial charge < -0.3 is 13.9 Å². The van der Waals surface area contributed by atoms with Crippen LogP contribution in [0, 0.1) is 0 Å². The molecule has 104 valence electrons. The van der Waals surface area contributed by atoms with E-state index in [9.17, 15) is 0 Å². The van der Waals surface area contributed by atoms with Gasteiger partial charge in [-0.05, 0) is 18.9 Å². The molecule has 0 aromatic carbocycles. The van der Waals surface area contributed by atoms with Crippen molar-refractivity contribution in [3.63, 3.8) is 0 Å². The molecule has 0 aromatic rings. The van der Waals surface area contributed by atoms with E-state index < -0.39 is 16.2 Å². The monoisotopic (exact) mass is 262 g/mol. The second kappa shape index (κ2) is 14.2. The molecule has 0 unspecified atom stereocenters. The fourth-order valence-electron chi connectivity index (χ4n) is 1.32. The zero-order chi connectivity index (χ0) is 12.8. The molecular weight excluding hydrogens is 232 g/mol. The van der Waals surface area contributed by atoms with Crippen molar-refractivity contribution in [3.8, 4) is 0 Å². The largest absolute Gasteiger partial charge is 0.379 e. The third-order valence-corrected chi connectivity index (χ3v) is 3.80. The Labute approximate surface area is 109 Å². The Balaban J connectivity index is 3.60. The molecule has 0 fully saturated rings. The summed E-state index contributed by atoms with van der Waals surface area (Å²) >= 11 is 0. The number of ether oxygens (including phenoxy) is 2. The maximum atomic E-state index is 5.73. The summed E-state index contributed by atoms with van der Waals surface area (Å²) in [4.78, 5) is 0. The van der Waals surface area contributed by atoms with Gasteiger partial charge in [-0.2, -0.15) is 0 Å². The standard InChI is InChI=1S/C13H30O3Si/c1-4-7-10-14-13(15-11-8-5-2)16-17-12-9-6-3/h13H,4-12,17H2,1-3H3. The molecular formula is C13H30O3Si. The predicted molar refractivity (Wildman–Crippen MR) is 74.9 cm³/mol. The van der Waals surface area contributed by atoms with E-state index in [-0.39, 0.29) is 0 Å². The van der Waals surface area contributed by atoms with E-state index in [1.54, 1.807) is 0 Å². The molecule has 0 aromatic heterocycles. The van der Waals surface area contributed by atoms with Crippen LogP contribution in [0.2, 0.25) is 6.04 Å². The maximum absolute atomic E-state index is 5.73. The van der Waals surface area contributed by atoms with Gasteiger partial charge in [0.2, 0.25) is 0 Å². The van der Waals surface area contributed by atoms with E-state index in [1.807, 2.05) is 0 Å². The van der Waals surface area contributed by atoms with Gasteiger partial charge in [0.05, 0.1) is 13.2 Å². The third kappa shape index (κ3) is 12.3. The minimum Gasteiger partial charge on any atom is -0.379 e. The third-order valence-electron chi connectivity index (χ3n) is 2.51. The molecule has 0 aliphatic heterocycles. The molecule has 0 aliphatic carbocycles. The van der Waals surface area contributed by atoms with Gasteiger partial charge in [-0.15, -0.1) is 0 Å². The Morgan fingerprint density at radius 2 is 1.35 bits per heavy atom. The summed E-state index contributed by atoms with van der Waals surface area (Å²) in [6, 6.07) is 1.22. The zero-order valence-corrected chi connectivity index (χ0v) is 13.3. The normalized spacial score (nSPS) is 12.0. The molecule has 17 heavy (non-hydrogen) atoms. The SMILES string of the molecule is CCCCOC(OCCCC)O[SiH2]CCCC. The average Bonchev–Trinajstić information content (AvgIpc) is 2.34. The first-order valence-electron chi connectivity index (χ1n) is 7.19. The fourth-order valence-corrected chi connectivity index (χ4v) is 2.58. The zero-order valence-electron chi connectivity index (χ0n) is 11.9. The Morgan fingerprint density at radius 3 is 1.82 bits per heavy atom. The van der Waals surface area contributed by atoms with Crippen LogP contribution < -0.4 is 0 Å². The van der Waals surface area contributed by atoms with E-state index in [4.69, 9.17) is 13.9 Å². The summed E-state index contributed by atoms with van der Waals surface area (Å²) in [5.74, 6) is 0. The van der Waals surface area contributed by atoms with Gasteiger partial charge in [0.25, 0.3) is 6.48 Å². The molecule has 0 spiro atoms. The molecule has 0 N–H and O–H groups in total. The highest BCUT2D eigenvalue weighted by Gasteiger charge is 2.08. The summed E-state index contributed by atoms with van der Waals surface area (Å²) in [6.45, 7) is 7.63. The van der Waals surface area contributed by atoms with Crippen LogP contribution in [-0.2, 0) is 13.9 Å². The lowest BCUT2D eigenvalue weighted by Crippen LogP contribution is -2.24. The first-order valence-corrected chi connectivity index (χ1v) is 8.77. The van der Waals surface area contributed by atoms with E-state index in [1.165, 1.54) is 18.9 Å². The van der Waals surface area contributed by atoms with Crippen molar-refractivity contribution in [2.45, 2.75) is 71.8 Å². The Bertz CT molecular complexity index is 135. The molecule has 0 rings (SSSR count). The van der Waals surface area contributed by atoms with Crippen molar-refractivity contribution in [3.05, 3.63) is 0 Å². The Hall–Kier alpha value is 0.0969. The van der Waals surface area contributed by atoms with Crippen LogP contribution in [0.5, 0.6) is 0 Å². The summed E-state index contributed by atoms with van der Waals surface area (Å²) in [5.41, 5.74) is 0. The van der Waals surface area contributed by atoms with Crippen molar-refractivity contribution >= 4 is 9.76 Å². The summed E-state index contributed by atoms with van der Waals surface area (Å²) < 4.78 is 16.9. The molecule has 0 aliphatic rings. The van der Waals surface area contributed by atoms with Gasteiger partial charge in [-0.25, -0.2) is 0 Å². The topological polar surface area (TPSA) is 27.7 Å². The van der Waals surface area contributed by atoms with Gasteiger partial charge in [-0.3, -0.25) is 0 Å². The summed E-state index contributed by atoms with van der Waals surface area (Å²) in [5, 5.41) is 0. The summed E-state index contributed by atoms with van der Waals surface area (Å²) in [6.07, 6.45) is 6.96. The molecule has 3 nitrogen and oxygen atoms in total. The van der Waals surface area contributed by atoms with Gasteiger partial charge >= 0.3 is 0 Å². The number of hydrogen-bond donors (Lipinski definition) is 0. The molecule has 4 heteroatoms. The second-order valence-electron chi connectivity index (χ2n) is 4.32. The van der Waals surface area contributed by atoms with Crippen molar-refractivity contribution in [1.29, 1.82) is 0 Å². The molecule has 0 saturated heterocycles. The minimum atomic E-state index is -0.466. The summed E-state index contributed by atoms with van der Waals surface area (Å²) in [7, 11) is -0.466. The van der Waals surface area contributed by atoms with Crippen LogP contribution >= 0.6 is 0 Å². The number of hydrogen-bond acceptors (Lipinski definition) is 3. The molecule has 0 atom stereocenters. The van der Waals surface area contributed by atoms with Crippen molar-refractivity contribution in [1.82, 2.24) is 0 Å². The number of rotatable bonds is 13. The fraction of sp³-hybridized carbons (Fsp3) is 1.00. The highest BCUT2D eigenvalue weighted by molar-refractivity contribution is 6.27. The predicted octanol–water partition coefficient (Wildman–Crippen LogP) is 3.22. The lowest BCUT2D eigenvalue weighted by atomic mass is 10.4. The van der Waals surface area contributed by atoms with Gasteiger partial charge in [0.1, 0.15) is 0 Å². The highest BCUT2D eigenvalue weighted by atomic mass is 28.2. The van der Waals surface area contributed by atoms with Gasteiger partial charge in [0.15, 0.2) is 9.76 Å². The number of unbranched alkanes of at least 4 members (excludes halogenated alkanes) is 3. The Morgan fingerprint density at radius 1 is 0.824 bits per heavy atom. The molecule has 0 saturated carbocycles. The average molecular weight is 262 g/mol. The second-order valence-corrected chi connectivity index (χ2v) is 5.76. The van der Waals surface area contributed by atoms with Crippen molar-refractivity contribution in [2.75, 3.05) is 13.2 Å². The maximum Gasteiger partial charge on any atom is 0.261 e. The van der Waals surface area contributed by atoms with Crippen molar-refractivity contribution < 1.29 is 13.9 Å². The van der Waals surface area contributed by atoms with Crippen LogP contribution in [0.3, 0.4) is 0 Å². The van der Waals surface area contributed by atoms with E-state index in [0.29, 0.717) is 0 Å². The lowest BCUT2D eigenvalue weighted by Gasteiger charge is -2.19. The minimum absolute atomic E-state index is 0.392. The molecule has 0 bridgehead atoms. The first kappa shape index (κ1) is 17.1. The van der Waals surface area contributed by atoms with E-state index in [2.05, 4.69) is 20.8 Å². The smallest absolute Gasteiger partial charge is 0.261 e. The van der Waals surface area contributed by atoms with Crippen molar-refractivity contribution in [2.24, 2.45) is 0 Å². The van der Waals surface area contributed by atoms with Crippen LogP contribution in [0.1, 0.15) is 59.3 Å². The molecule has 0 amide bonds. The first-order chi connectivity index (χ1) is 8.35. The van der Waals surface area contributed by atoms with Crippen LogP contribution in [-0.4, -0.2) is 29.5 Å². The Kier molecular flexibility index (Phi) is 14.2. The van der Waals surface area contributed by atoms with Crippen LogP contribution in [0.25, 0.3) is 0 Å². The van der Waals surface area contributed by atoms with E-state index >= 15 is 0 Å². The lowest BCUT2D eigenvalue weighted by molar-refractivity contribution is -0.248. The van der Waals surface area contributed by atoms with Gasteiger partial charge in [-0.1, -0.05) is 46.5 Å². The molecule has 0 radical (unpaired) electrons. The van der Waals surface area contributed by atoms with Crippen LogP contribution in [0.4, 0.5) is 0 Å². The highest BCUT2D eigenvalue weighted by Crippen LogP contribution is 2.03.